The van der Waals surface area contributed by atoms with Crippen LogP contribution in [0.3, 0.4) is 0 Å². The third kappa shape index (κ3) is 2.71. The number of likely N-dealkylation sites (tertiary alicyclic amines) is 1. The minimum Gasteiger partial charge on any atom is -0.465 e. The fraction of sp³-hybridized carbons (Fsp3) is 0.412. The fourth-order valence-corrected chi connectivity index (χ4v) is 2.99. The molecule has 0 N–H and O–H groups in total. The van der Waals surface area contributed by atoms with Gasteiger partial charge in [0.2, 0.25) is 5.91 Å². The summed E-state index contributed by atoms with van der Waals surface area (Å²) in [6.45, 7) is 3.14. The number of methoxy groups -OCH3 is 1. The van der Waals surface area contributed by atoms with E-state index in [9.17, 15) is 9.59 Å². The van der Waals surface area contributed by atoms with Crippen LogP contribution in [0.5, 0.6) is 0 Å². The van der Waals surface area contributed by atoms with Gasteiger partial charge in [-0.15, -0.1) is 0 Å². The molecule has 0 bridgehead atoms. The molecule has 5 heteroatoms. The molecule has 0 aliphatic carbocycles. The van der Waals surface area contributed by atoms with Crippen LogP contribution in [0.1, 0.15) is 41.8 Å². The van der Waals surface area contributed by atoms with E-state index in [1.807, 2.05) is 11.0 Å². The zero-order valence-electron chi connectivity index (χ0n) is 12.8. The quantitative estimate of drug-likeness (QED) is 0.800. The van der Waals surface area contributed by atoms with Gasteiger partial charge in [-0.1, -0.05) is 0 Å². The fourth-order valence-electron chi connectivity index (χ4n) is 2.99. The highest BCUT2D eigenvalue weighted by Gasteiger charge is 2.24. The van der Waals surface area contributed by atoms with Gasteiger partial charge in [-0.05, 0) is 37.1 Å². The summed E-state index contributed by atoms with van der Waals surface area (Å²) in [5, 5.41) is 0.909. The van der Waals surface area contributed by atoms with E-state index < -0.39 is 0 Å². The van der Waals surface area contributed by atoms with Gasteiger partial charge in [0, 0.05) is 31.3 Å². The topological polar surface area (TPSA) is 59.8 Å². The molecule has 1 aromatic heterocycles. The molecule has 22 heavy (non-hydrogen) atoms. The maximum atomic E-state index is 11.6. The molecule has 1 saturated heterocycles. The Morgan fingerprint density at radius 2 is 1.95 bits per heavy atom. The molecule has 1 aliphatic rings. The number of furan rings is 1. The molecule has 0 saturated carbocycles. The number of carbonyl (C=O) groups excluding carboxylic acids is 2. The molecule has 3 rings (SSSR count). The first-order valence-corrected chi connectivity index (χ1v) is 7.46. The highest BCUT2D eigenvalue weighted by Crippen LogP contribution is 2.32. The van der Waals surface area contributed by atoms with Gasteiger partial charge in [-0.2, -0.15) is 0 Å². The lowest BCUT2D eigenvalue weighted by Crippen LogP contribution is -2.36. The van der Waals surface area contributed by atoms with E-state index in [-0.39, 0.29) is 11.9 Å². The number of nitrogens with zero attached hydrogens (tertiary/aromatic N) is 1. The molecule has 0 spiro atoms. The van der Waals surface area contributed by atoms with E-state index in [4.69, 9.17) is 9.15 Å². The van der Waals surface area contributed by atoms with Crippen LogP contribution in [0.2, 0.25) is 0 Å². The summed E-state index contributed by atoms with van der Waals surface area (Å²) in [5.41, 5.74) is 1.30. The van der Waals surface area contributed by atoms with E-state index in [1.54, 1.807) is 25.1 Å². The Labute approximate surface area is 128 Å². The number of carbonyl (C=O) groups is 2. The molecule has 1 amide bonds. The molecular formula is C17H19NO4. The summed E-state index contributed by atoms with van der Waals surface area (Å²) in [7, 11) is 1.37. The largest absolute Gasteiger partial charge is 0.465 e. The molecule has 0 atom stereocenters. The number of ether oxygens (including phenoxy) is 1. The van der Waals surface area contributed by atoms with Crippen molar-refractivity contribution < 1.29 is 18.7 Å². The van der Waals surface area contributed by atoms with E-state index >= 15 is 0 Å². The third-order valence-corrected chi connectivity index (χ3v) is 4.30. The standard InChI is InChI=1S/C17H19NO4/c1-11(19)18-7-5-12(6-8-18)16-10-14-9-13(17(20)21-2)3-4-15(14)22-16/h3-4,9-10,12H,5-8H2,1-2H3. The molecule has 116 valence electrons. The maximum Gasteiger partial charge on any atom is 0.337 e. The van der Waals surface area contributed by atoms with Crippen molar-refractivity contribution in [2.24, 2.45) is 0 Å². The maximum absolute atomic E-state index is 11.6. The zero-order chi connectivity index (χ0) is 15.7. The first-order chi connectivity index (χ1) is 10.6. The minimum absolute atomic E-state index is 0.130. The van der Waals surface area contributed by atoms with Crippen molar-refractivity contribution in [1.82, 2.24) is 4.90 Å². The van der Waals surface area contributed by atoms with Crippen LogP contribution >= 0.6 is 0 Å². The van der Waals surface area contributed by atoms with Crippen molar-refractivity contribution in [3.05, 3.63) is 35.6 Å². The van der Waals surface area contributed by atoms with Gasteiger partial charge in [0.15, 0.2) is 0 Å². The van der Waals surface area contributed by atoms with E-state index in [0.717, 1.165) is 42.7 Å². The molecule has 2 aromatic rings. The monoisotopic (exact) mass is 301 g/mol. The Morgan fingerprint density at radius 3 is 2.59 bits per heavy atom. The number of hydrogen-bond acceptors (Lipinski definition) is 4. The van der Waals surface area contributed by atoms with Crippen LogP contribution < -0.4 is 0 Å². The second-order valence-electron chi connectivity index (χ2n) is 5.67. The number of esters is 1. The first kappa shape index (κ1) is 14.6. The Morgan fingerprint density at radius 1 is 1.23 bits per heavy atom. The SMILES string of the molecule is COC(=O)c1ccc2oc(C3CCN(C(C)=O)CC3)cc2c1. The van der Waals surface area contributed by atoms with Gasteiger partial charge in [-0.3, -0.25) is 4.79 Å². The van der Waals surface area contributed by atoms with Crippen molar-refractivity contribution >= 4 is 22.8 Å². The molecule has 1 aromatic carbocycles. The number of piperidine rings is 1. The van der Waals surface area contributed by atoms with E-state index in [0.29, 0.717) is 11.5 Å². The second kappa shape index (κ2) is 5.83. The summed E-state index contributed by atoms with van der Waals surface area (Å²) in [5.74, 6) is 1.04. The molecule has 1 aliphatic heterocycles. The Bertz CT molecular complexity index is 711. The van der Waals surface area contributed by atoms with Crippen LogP contribution in [0.4, 0.5) is 0 Å². The molecule has 0 unspecified atom stereocenters. The summed E-state index contributed by atoms with van der Waals surface area (Å²) in [4.78, 5) is 24.8. The lowest BCUT2D eigenvalue weighted by molar-refractivity contribution is -0.129. The number of benzene rings is 1. The van der Waals surface area contributed by atoms with Crippen LogP contribution in [0.15, 0.2) is 28.7 Å². The average molecular weight is 301 g/mol. The number of amides is 1. The van der Waals surface area contributed by atoms with Crippen molar-refractivity contribution in [1.29, 1.82) is 0 Å². The van der Waals surface area contributed by atoms with Crippen molar-refractivity contribution in [2.45, 2.75) is 25.7 Å². The van der Waals surface area contributed by atoms with Crippen LogP contribution in [-0.2, 0) is 9.53 Å². The average Bonchev–Trinajstić information content (AvgIpc) is 2.97. The van der Waals surface area contributed by atoms with Crippen molar-refractivity contribution in [3.8, 4) is 0 Å². The predicted octanol–water partition coefficient (Wildman–Crippen LogP) is 2.95. The van der Waals surface area contributed by atoms with Crippen molar-refractivity contribution in [2.75, 3.05) is 20.2 Å². The summed E-state index contributed by atoms with van der Waals surface area (Å²) in [6, 6.07) is 7.30. The smallest absolute Gasteiger partial charge is 0.337 e. The Kier molecular flexibility index (Phi) is 3.88. The van der Waals surface area contributed by atoms with Gasteiger partial charge in [0.1, 0.15) is 11.3 Å². The third-order valence-electron chi connectivity index (χ3n) is 4.30. The van der Waals surface area contributed by atoms with Crippen LogP contribution in [0, 0.1) is 0 Å². The number of hydrogen-bond donors (Lipinski definition) is 0. The number of rotatable bonds is 2. The zero-order valence-corrected chi connectivity index (χ0v) is 12.8. The van der Waals surface area contributed by atoms with Gasteiger partial charge in [0.25, 0.3) is 0 Å². The molecular weight excluding hydrogens is 282 g/mol. The molecule has 1 fully saturated rings. The summed E-state index contributed by atoms with van der Waals surface area (Å²) in [6.07, 6.45) is 1.81. The van der Waals surface area contributed by atoms with Gasteiger partial charge in [-0.25, -0.2) is 4.79 Å². The summed E-state index contributed by atoms with van der Waals surface area (Å²) >= 11 is 0. The molecule has 5 nitrogen and oxygen atoms in total. The van der Waals surface area contributed by atoms with E-state index in [2.05, 4.69) is 0 Å². The highest BCUT2D eigenvalue weighted by atomic mass is 16.5. The predicted molar refractivity (Wildman–Crippen MR) is 81.8 cm³/mol. The second-order valence-corrected chi connectivity index (χ2v) is 5.67. The number of fused-ring (bicyclic) bond motifs is 1. The highest BCUT2D eigenvalue weighted by molar-refractivity contribution is 5.94. The summed E-state index contributed by atoms with van der Waals surface area (Å²) < 4.78 is 10.7. The lowest BCUT2D eigenvalue weighted by atomic mass is 9.94. The molecule has 2 heterocycles. The van der Waals surface area contributed by atoms with Gasteiger partial charge in [0.05, 0.1) is 12.7 Å². The van der Waals surface area contributed by atoms with Gasteiger partial charge < -0.3 is 14.1 Å². The van der Waals surface area contributed by atoms with E-state index in [1.165, 1.54) is 7.11 Å². The lowest BCUT2D eigenvalue weighted by Gasteiger charge is -2.30. The van der Waals surface area contributed by atoms with Crippen molar-refractivity contribution in [3.63, 3.8) is 0 Å². The molecule has 0 radical (unpaired) electrons. The van der Waals surface area contributed by atoms with Crippen LogP contribution in [-0.4, -0.2) is 37.0 Å². The Balaban J connectivity index is 1.81. The van der Waals surface area contributed by atoms with Gasteiger partial charge >= 0.3 is 5.97 Å². The first-order valence-electron chi connectivity index (χ1n) is 7.46. The van der Waals surface area contributed by atoms with Crippen LogP contribution in [0.25, 0.3) is 11.0 Å². The Hall–Kier alpha value is -2.30. The normalized spacial score (nSPS) is 16.0. The minimum atomic E-state index is -0.348.